The summed E-state index contributed by atoms with van der Waals surface area (Å²) in [6.07, 6.45) is -1.89. The SMILES string of the molecule is FC(F)=C1OCCO1. The van der Waals surface area contributed by atoms with Crippen molar-refractivity contribution in [3.05, 3.63) is 12.0 Å². The second kappa shape index (κ2) is 1.98. The summed E-state index contributed by atoms with van der Waals surface area (Å²) in [7, 11) is 0. The summed E-state index contributed by atoms with van der Waals surface area (Å²) in [5.41, 5.74) is 0. The van der Waals surface area contributed by atoms with Gasteiger partial charge >= 0.3 is 12.0 Å². The van der Waals surface area contributed by atoms with E-state index in [1.165, 1.54) is 0 Å². The smallest absolute Gasteiger partial charge is 0.350 e. The van der Waals surface area contributed by atoms with Crippen LogP contribution < -0.4 is 0 Å². The molecule has 1 aliphatic heterocycles. The Labute approximate surface area is 44.7 Å². The van der Waals surface area contributed by atoms with E-state index < -0.39 is 12.0 Å². The van der Waals surface area contributed by atoms with Gasteiger partial charge in [-0.2, -0.15) is 8.78 Å². The van der Waals surface area contributed by atoms with E-state index in [0.717, 1.165) is 0 Å². The Morgan fingerprint density at radius 3 is 2.00 bits per heavy atom. The van der Waals surface area contributed by atoms with Crippen LogP contribution in [-0.4, -0.2) is 13.2 Å². The van der Waals surface area contributed by atoms with Crippen molar-refractivity contribution in [1.82, 2.24) is 0 Å². The summed E-state index contributed by atoms with van der Waals surface area (Å²) in [5, 5.41) is 0. The first-order valence-corrected chi connectivity index (χ1v) is 2.11. The second-order valence-electron chi connectivity index (χ2n) is 1.24. The average Bonchev–Trinajstić information content (AvgIpc) is 2.12. The molecule has 1 aliphatic rings. The van der Waals surface area contributed by atoms with E-state index in [9.17, 15) is 8.78 Å². The molecule has 0 aromatic carbocycles. The van der Waals surface area contributed by atoms with Crippen molar-refractivity contribution >= 4 is 0 Å². The monoisotopic (exact) mass is 122 g/mol. The standard InChI is InChI=1S/C4H4F2O2/c5-3(6)4-7-1-2-8-4/h1-2H2. The molecule has 1 rings (SSSR count). The van der Waals surface area contributed by atoms with Crippen LogP contribution in [0, 0.1) is 0 Å². The number of hydrogen-bond donors (Lipinski definition) is 0. The van der Waals surface area contributed by atoms with Crippen molar-refractivity contribution in [3.8, 4) is 0 Å². The third-order valence-corrected chi connectivity index (χ3v) is 0.704. The predicted octanol–water partition coefficient (Wildman–Crippen LogP) is 1.10. The van der Waals surface area contributed by atoms with Gasteiger partial charge in [0.2, 0.25) is 0 Å². The lowest BCUT2D eigenvalue weighted by atomic mass is 10.8. The zero-order chi connectivity index (χ0) is 5.98. The summed E-state index contributed by atoms with van der Waals surface area (Å²) >= 11 is 0. The minimum Gasteiger partial charge on any atom is -0.458 e. The first-order chi connectivity index (χ1) is 3.80. The fourth-order valence-electron chi connectivity index (χ4n) is 0.420. The largest absolute Gasteiger partial charge is 0.458 e. The van der Waals surface area contributed by atoms with Gasteiger partial charge in [0.1, 0.15) is 13.2 Å². The third kappa shape index (κ3) is 0.882. The normalized spacial score (nSPS) is 17.5. The van der Waals surface area contributed by atoms with E-state index in [4.69, 9.17) is 0 Å². The Bertz CT molecular complexity index is 109. The molecule has 0 bridgehead atoms. The Morgan fingerprint density at radius 2 is 1.75 bits per heavy atom. The van der Waals surface area contributed by atoms with Crippen molar-refractivity contribution in [2.75, 3.05) is 13.2 Å². The minimum absolute atomic E-state index is 0.229. The zero-order valence-electron chi connectivity index (χ0n) is 3.99. The molecule has 8 heavy (non-hydrogen) atoms. The summed E-state index contributed by atoms with van der Waals surface area (Å²) in [6.45, 7) is 0.458. The number of rotatable bonds is 0. The predicted molar refractivity (Wildman–Crippen MR) is 21.1 cm³/mol. The molecule has 0 N–H and O–H groups in total. The number of hydrogen-bond acceptors (Lipinski definition) is 2. The van der Waals surface area contributed by atoms with Gasteiger partial charge in [-0.25, -0.2) is 0 Å². The minimum atomic E-state index is -1.89. The number of halogens is 2. The van der Waals surface area contributed by atoms with Crippen LogP contribution in [0.3, 0.4) is 0 Å². The van der Waals surface area contributed by atoms with Crippen molar-refractivity contribution in [2.45, 2.75) is 0 Å². The topological polar surface area (TPSA) is 18.5 Å². The molecule has 1 fully saturated rings. The molecule has 1 saturated heterocycles. The molecule has 0 aromatic rings. The molecule has 0 saturated carbocycles. The van der Waals surface area contributed by atoms with Gasteiger partial charge in [0.25, 0.3) is 0 Å². The van der Waals surface area contributed by atoms with Crippen molar-refractivity contribution in [3.63, 3.8) is 0 Å². The molecule has 0 radical (unpaired) electrons. The molecule has 4 heteroatoms. The lowest BCUT2D eigenvalue weighted by molar-refractivity contribution is 0.140. The maximum atomic E-state index is 11.4. The third-order valence-electron chi connectivity index (χ3n) is 0.704. The highest BCUT2D eigenvalue weighted by atomic mass is 19.3. The maximum absolute atomic E-state index is 11.4. The molecule has 1 heterocycles. The Morgan fingerprint density at radius 1 is 1.25 bits per heavy atom. The molecule has 0 unspecified atom stereocenters. The lowest BCUT2D eigenvalue weighted by Gasteiger charge is -1.90. The quantitative estimate of drug-likeness (QED) is 0.479. The fourth-order valence-corrected chi connectivity index (χ4v) is 0.420. The van der Waals surface area contributed by atoms with Gasteiger partial charge in [0.05, 0.1) is 0 Å². The van der Waals surface area contributed by atoms with Crippen LogP contribution in [0.4, 0.5) is 8.78 Å². The summed E-state index contributed by atoms with van der Waals surface area (Å²) in [4.78, 5) is 0. The molecule has 0 amide bonds. The summed E-state index contributed by atoms with van der Waals surface area (Å²) in [5.74, 6) is -0.620. The number of ether oxygens (including phenoxy) is 2. The lowest BCUT2D eigenvalue weighted by Crippen LogP contribution is -1.80. The first-order valence-electron chi connectivity index (χ1n) is 2.11. The van der Waals surface area contributed by atoms with Gasteiger partial charge in [0.15, 0.2) is 0 Å². The van der Waals surface area contributed by atoms with Crippen molar-refractivity contribution in [1.29, 1.82) is 0 Å². The Balaban J connectivity index is 2.58. The first kappa shape index (κ1) is 5.34. The average molecular weight is 122 g/mol. The fraction of sp³-hybridized carbons (Fsp3) is 0.500. The second-order valence-corrected chi connectivity index (χ2v) is 1.24. The van der Waals surface area contributed by atoms with Crippen LogP contribution in [0.2, 0.25) is 0 Å². The van der Waals surface area contributed by atoms with Crippen LogP contribution in [0.5, 0.6) is 0 Å². The highest BCUT2D eigenvalue weighted by Gasteiger charge is 2.14. The molecule has 2 nitrogen and oxygen atoms in total. The van der Waals surface area contributed by atoms with Crippen LogP contribution in [0.15, 0.2) is 12.0 Å². The van der Waals surface area contributed by atoms with E-state index in [2.05, 4.69) is 9.47 Å². The Kier molecular flexibility index (Phi) is 1.32. The van der Waals surface area contributed by atoms with Gasteiger partial charge in [-0.1, -0.05) is 0 Å². The van der Waals surface area contributed by atoms with Gasteiger partial charge in [-0.3, -0.25) is 0 Å². The van der Waals surface area contributed by atoms with Crippen LogP contribution >= 0.6 is 0 Å². The van der Waals surface area contributed by atoms with Crippen LogP contribution in [-0.2, 0) is 9.47 Å². The van der Waals surface area contributed by atoms with E-state index in [0.29, 0.717) is 0 Å². The molecular formula is C4H4F2O2. The van der Waals surface area contributed by atoms with E-state index >= 15 is 0 Å². The van der Waals surface area contributed by atoms with Gasteiger partial charge < -0.3 is 9.47 Å². The van der Waals surface area contributed by atoms with E-state index in [-0.39, 0.29) is 13.2 Å². The molecule has 0 spiro atoms. The summed E-state index contributed by atoms with van der Waals surface area (Å²) in [6, 6.07) is 0. The highest BCUT2D eigenvalue weighted by Crippen LogP contribution is 2.14. The molecular weight excluding hydrogens is 118 g/mol. The van der Waals surface area contributed by atoms with E-state index in [1.54, 1.807) is 0 Å². The molecule has 0 aliphatic carbocycles. The Hall–Kier alpha value is -0.800. The zero-order valence-corrected chi connectivity index (χ0v) is 3.99. The van der Waals surface area contributed by atoms with E-state index in [1.807, 2.05) is 0 Å². The molecule has 0 aromatic heterocycles. The van der Waals surface area contributed by atoms with Crippen molar-refractivity contribution in [2.24, 2.45) is 0 Å². The molecule has 0 atom stereocenters. The van der Waals surface area contributed by atoms with Crippen LogP contribution in [0.1, 0.15) is 0 Å². The highest BCUT2D eigenvalue weighted by molar-refractivity contribution is 4.85. The van der Waals surface area contributed by atoms with Gasteiger partial charge in [0, 0.05) is 0 Å². The van der Waals surface area contributed by atoms with Crippen molar-refractivity contribution < 1.29 is 18.3 Å². The van der Waals surface area contributed by atoms with Gasteiger partial charge in [-0.15, -0.1) is 0 Å². The maximum Gasteiger partial charge on any atom is 0.350 e. The summed E-state index contributed by atoms with van der Waals surface area (Å²) < 4.78 is 31.4. The molecule has 46 valence electrons. The van der Waals surface area contributed by atoms with Crippen LogP contribution in [0.25, 0.3) is 0 Å². The van der Waals surface area contributed by atoms with Gasteiger partial charge in [-0.05, 0) is 0 Å².